The zero-order valence-corrected chi connectivity index (χ0v) is 12.2. The first-order valence-corrected chi connectivity index (χ1v) is 6.99. The molecular formula is C14H21N5O. The summed E-state index contributed by atoms with van der Waals surface area (Å²) in [5.74, 6) is 3.35. The van der Waals surface area contributed by atoms with Gasteiger partial charge < -0.3 is 15.2 Å². The fourth-order valence-corrected chi connectivity index (χ4v) is 1.81. The average molecular weight is 275 g/mol. The van der Waals surface area contributed by atoms with E-state index in [1.54, 1.807) is 6.20 Å². The fourth-order valence-electron chi connectivity index (χ4n) is 1.81. The van der Waals surface area contributed by atoms with Crippen LogP contribution in [0, 0.1) is 6.92 Å². The second kappa shape index (κ2) is 6.88. The molecule has 2 rings (SSSR count). The van der Waals surface area contributed by atoms with Crippen molar-refractivity contribution in [3.63, 3.8) is 0 Å². The van der Waals surface area contributed by atoms with Crippen molar-refractivity contribution in [3.05, 3.63) is 29.4 Å². The smallest absolute Gasteiger partial charge is 0.155 e. The molecule has 6 nitrogen and oxygen atoms in total. The minimum Gasteiger partial charge on any atom is -0.370 e. The molecule has 0 saturated heterocycles. The van der Waals surface area contributed by atoms with Crippen LogP contribution >= 0.6 is 0 Å². The van der Waals surface area contributed by atoms with Crippen LogP contribution in [0.25, 0.3) is 0 Å². The summed E-state index contributed by atoms with van der Waals surface area (Å²) in [4.78, 5) is 9.07. The van der Waals surface area contributed by atoms with Crippen LogP contribution < -0.4 is 10.6 Å². The molecule has 108 valence electrons. The molecule has 0 saturated carbocycles. The van der Waals surface area contributed by atoms with Crippen LogP contribution in [0.5, 0.6) is 0 Å². The highest BCUT2D eigenvalue weighted by Gasteiger charge is 2.10. The molecule has 0 radical (unpaired) electrons. The maximum atomic E-state index is 5.08. The first-order valence-electron chi connectivity index (χ1n) is 6.99. The van der Waals surface area contributed by atoms with Crippen LogP contribution in [-0.4, -0.2) is 21.7 Å². The third kappa shape index (κ3) is 3.46. The molecule has 0 aliphatic carbocycles. The van der Waals surface area contributed by atoms with Gasteiger partial charge in [0.15, 0.2) is 5.76 Å². The monoisotopic (exact) mass is 275 g/mol. The zero-order chi connectivity index (χ0) is 14.4. The number of nitrogens with zero attached hydrogens (tertiary/aromatic N) is 3. The van der Waals surface area contributed by atoms with Gasteiger partial charge in [0.1, 0.15) is 17.5 Å². The van der Waals surface area contributed by atoms with Gasteiger partial charge in [-0.15, -0.1) is 0 Å². The quantitative estimate of drug-likeness (QED) is 0.809. The van der Waals surface area contributed by atoms with Crippen LogP contribution in [-0.2, 0) is 13.0 Å². The van der Waals surface area contributed by atoms with Crippen LogP contribution in [0.3, 0.4) is 0 Å². The summed E-state index contributed by atoms with van der Waals surface area (Å²) in [5.41, 5.74) is 1.02. The molecular weight excluding hydrogens is 254 g/mol. The Bertz CT molecular complexity index is 539. The minimum atomic E-state index is 0.564. The molecule has 20 heavy (non-hydrogen) atoms. The Hall–Kier alpha value is -2.11. The van der Waals surface area contributed by atoms with Gasteiger partial charge in [-0.1, -0.05) is 19.0 Å². The van der Waals surface area contributed by atoms with Crippen molar-refractivity contribution in [1.82, 2.24) is 15.1 Å². The van der Waals surface area contributed by atoms with Crippen LogP contribution in [0.2, 0.25) is 0 Å². The Kier molecular flexibility index (Phi) is 4.92. The van der Waals surface area contributed by atoms with E-state index in [4.69, 9.17) is 4.52 Å². The molecule has 0 atom stereocenters. The van der Waals surface area contributed by atoms with Crippen LogP contribution in [0.1, 0.15) is 37.4 Å². The Morgan fingerprint density at radius 2 is 1.90 bits per heavy atom. The zero-order valence-electron chi connectivity index (χ0n) is 12.2. The van der Waals surface area contributed by atoms with Crippen LogP contribution in [0.4, 0.5) is 11.6 Å². The number of nitrogens with one attached hydrogen (secondary N) is 2. The molecule has 0 amide bonds. The van der Waals surface area contributed by atoms with Gasteiger partial charge in [0.2, 0.25) is 0 Å². The molecule has 2 aromatic rings. The molecule has 2 heterocycles. The lowest BCUT2D eigenvalue weighted by atomic mass is 10.2. The number of rotatable bonds is 7. The largest absolute Gasteiger partial charge is 0.370 e. The van der Waals surface area contributed by atoms with E-state index in [2.05, 4.69) is 39.6 Å². The summed E-state index contributed by atoms with van der Waals surface area (Å²) in [6.45, 7) is 7.67. The second-order valence-corrected chi connectivity index (χ2v) is 4.57. The summed E-state index contributed by atoms with van der Waals surface area (Å²) in [7, 11) is 0. The van der Waals surface area contributed by atoms with E-state index in [-0.39, 0.29) is 0 Å². The third-order valence-electron chi connectivity index (χ3n) is 2.97. The van der Waals surface area contributed by atoms with Crippen molar-refractivity contribution in [2.45, 2.75) is 40.2 Å². The van der Waals surface area contributed by atoms with Gasteiger partial charge in [0, 0.05) is 24.6 Å². The highest BCUT2D eigenvalue weighted by atomic mass is 16.5. The predicted octanol–water partition coefficient (Wildman–Crippen LogP) is 2.77. The molecule has 0 aliphatic heterocycles. The van der Waals surface area contributed by atoms with Gasteiger partial charge in [0.25, 0.3) is 0 Å². The summed E-state index contributed by atoms with van der Waals surface area (Å²) >= 11 is 0. The van der Waals surface area contributed by atoms with E-state index in [0.29, 0.717) is 6.54 Å². The second-order valence-electron chi connectivity index (χ2n) is 4.57. The van der Waals surface area contributed by atoms with Gasteiger partial charge in [-0.3, -0.25) is 0 Å². The average Bonchev–Trinajstić information content (AvgIpc) is 2.98. The lowest BCUT2D eigenvalue weighted by Gasteiger charge is -2.14. The van der Waals surface area contributed by atoms with Gasteiger partial charge in [-0.25, -0.2) is 9.97 Å². The van der Waals surface area contributed by atoms with Gasteiger partial charge in [-0.05, 0) is 13.3 Å². The maximum Gasteiger partial charge on any atom is 0.155 e. The van der Waals surface area contributed by atoms with Crippen molar-refractivity contribution in [1.29, 1.82) is 0 Å². The highest BCUT2D eigenvalue weighted by molar-refractivity contribution is 5.57. The molecule has 2 N–H and O–H groups in total. The van der Waals surface area contributed by atoms with Gasteiger partial charge in [0.05, 0.1) is 12.7 Å². The summed E-state index contributed by atoms with van der Waals surface area (Å²) in [6.07, 6.45) is 3.50. The predicted molar refractivity (Wildman–Crippen MR) is 78.8 cm³/mol. The summed E-state index contributed by atoms with van der Waals surface area (Å²) < 4.78 is 5.08. The van der Waals surface area contributed by atoms with Gasteiger partial charge >= 0.3 is 0 Å². The molecule has 0 unspecified atom stereocenters. The van der Waals surface area contributed by atoms with Crippen molar-refractivity contribution in [2.24, 2.45) is 0 Å². The number of aromatic nitrogens is 3. The standard InChI is InChI=1S/C14H21N5O/c1-4-7-15-13-10(3)14(19-12(5-2)18-13)16-9-11-6-8-17-20-11/h6,8H,4-5,7,9H2,1-3H3,(H2,15,16,18,19). The lowest BCUT2D eigenvalue weighted by Crippen LogP contribution is -2.11. The van der Waals surface area contributed by atoms with E-state index in [0.717, 1.165) is 48.2 Å². The fraction of sp³-hybridized carbons (Fsp3) is 0.500. The number of anilines is 2. The number of aryl methyl sites for hydroxylation is 1. The topological polar surface area (TPSA) is 75.9 Å². The highest BCUT2D eigenvalue weighted by Crippen LogP contribution is 2.21. The van der Waals surface area contributed by atoms with Crippen molar-refractivity contribution >= 4 is 11.6 Å². The first kappa shape index (κ1) is 14.3. The molecule has 6 heteroatoms. The Labute approximate surface area is 119 Å². The normalized spacial score (nSPS) is 10.6. The van der Waals surface area contributed by atoms with Crippen molar-refractivity contribution in [3.8, 4) is 0 Å². The van der Waals surface area contributed by atoms with Crippen molar-refractivity contribution in [2.75, 3.05) is 17.2 Å². The molecule has 0 aromatic carbocycles. The molecule has 0 bridgehead atoms. The van der Waals surface area contributed by atoms with Crippen LogP contribution in [0.15, 0.2) is 16.8 Å². The molecule has 0 spiro atoms. The Morgan fingerprint density at radius 1 is 1.15 bits per heavy atom. The summed E-state index contributed by atoms with van der Waals surface area (Å²) in [5, 5.41) is 10.3. The molecule has 0 fully saturated rings. The number of hydrogen-bond acceptors (Lipinski definition) is 6. The number of hydrogen-bond donors (Lipinski definition) is 2. The molecule has 0 aliphatic rings. The third-order valence-corrected chi connectivity index (χ3v) is 2.97. The lowest BCUT2D eigenvalue weighted by molar-refractivity contribution is 0.388. The van der Waals surface area contributed by atoms with E-state index >= 15 is 0 Å². The minimum absolute atomic E-state index is 0.564. The van der Waals surface area contributed by atoms with Gasteiger partial charge in [-0.2, -0.15) is 0 Å². The SMILES string of the molecule is CCCNc1nc(CC)nc(NCc2ccno2)c1C. The van der Waals surface area contributed by atoms with Crippen molar-refractivity contribution < 1.29 is 4.52 Å². The first-order chi connectivity index (χ1) is 9.74. The maximum absolute atomic E-state index is 5.08. The van der Waals surface area contributed by atoms with E-state index in [1.807, 2.05) is 13.0 Å². The van der Waals surface area contributed by atoms with E-state index in [1.165, 1.54) is 0 Å². The summed E-state index contributed by atoms with van der Waals surface area (Å²) in [6, 6.07) is 1.83. The van der Waals surface area contributed by atoms with E-state index < -0.39 is 0 Å². The Balaban J connectivity index is 2.17. The van der Waals surface area contributed by atoms with E-state index in [9.17, 15) is 0 Å². The Morgan fingerprint density at radius 3 is 2.50 bits per heavy atom. The molecule has 2 aromatic heterocycles.